The fourth-order valence-corrected chi connectivity index (χ4v) is 11.0. The van der Waals surface area contributed by atoms with Crippen LogP contribution in [0.2, 0.25) is 0 Å². The molecule has 0 amide bonds. The predicted molar refractivity (Wildman–Crippen MR) is 160 cm³/mol. The summed E-state index contributed by atoms with van der Waals surface area (Å²) in [7, 11) is 1.72. The second-order valence-electron chi connectivity index (χ2n) is 12.1. The highest BCUT2D eigenvalue weighted by molar-refractivity contribution is 14.1. The fourth-order valence-electron chi connectivity index (χ4n) is 8.54. The maximum Gasteiger partial charge on any atom is 0.334 e. The molecule has 4 nitrogen and oxygen atoms in total. The summed E-state index contributed by atoms with van der Waals surface area (Å²) in [4.78, 5) is 12.8. The molecule has 10 atom stereocenters. The number of rotatable bonds is 6. The molecule has 5 rings (SSSR count). The van der Waals surface area contributed by atoms with Crippen LogP contribution in [0.1, 0.15) is 65.2 Å². The van der Waals surface area contributed by atoms with Crippen LogP contribution in [0.5, 0.6) is 0 Å². The molecule has 1 aliphatic heterocycles. The van der Waals surface area contributed by atoms with Crippen LogP contribution in [0.25, 0.3) is 0 Å². The van der Waals surface area contributed by atoms with Crippen molar-refractivity contribution in [2.45, 2.75) is 74.7 Å². The van der Waals surface area contributed by atoms with Gasteiger partial charge in [-0.05, 0) is 127 Å². The highest BCUT2D eigenvalue weighted by atomic mass is 127. The van der Waals surface area contributed by atoms with Gasteiger partial charge in [-0.25, -0.2) is 4.79 Å². The SMILES string of the molecule is COCO[C@@H]1CCC2(I)C(CCC3CC(CC4C=CC(I)=CC4)[C@@H](C)[C@@H](C4=CCOC4=O)C[C@H]32)C1C. The molecule has 0 aromatic carbocycles. The maximum absolute atomic E-state index is 12.8. The molecule has 3 saturated carbocycles. The molecule has 200 valence electrons. The van der Waals surface area contributed by atoms with E-state index < -0.39 is 0 Å². The molecule has 1 heterocycles. The monoisotopic (exact) mass is 720 g/mol. The highest BCUT2D eigenvalue weighted by Crippen LogP contribution is 2.62. The molecular formula is C30H42I2O4. The quantitative estimate of drug-likeness (QED) is 0.123. The molecule has 5 aliphatic rings. The van der Waals surface area contributed by atoms with Crippen molar-refractivity contribution in [3.8, 4) is 0 Å². The largest absolute Gasteiger partial charge is 0.458 e. The van der Waals surface area contributed by atoms with Gasteiger partial charge in [-0.1, -0.05) is 54.7 Å². The van der Waals surface area contributed by atoms with E-state index in [1.54, 1.807) is 7.11 Å². The summed E-state index contributed by atoms with van der Waals surface area (Å²) in [6.07, 6.45) is 19.3. The van der Waals surface area contributed by atoms with Crippen LogP contribution in [-0.4, -0.2) is 36.0 Å². The number of ether oxygens (including phenoxy) is 3. The molecule has 0 aromatic heterocycles. The Kier molecular flexibility index (Phi) is 8.95. The number of carbonyl (C=O) groups is 1. The minimum Gasteiger partial charge on any atom is -0.458 e. The van der Waals surface area contributed by atoms with Gasteiger partial charge in [-0.3, -0.25) is 0 Å². The number of cyclic esters (lactones) is 1. The van der Waals surface area contributed by atoms with Gasteiger partial charge in [-0.2, -0.15) is 0 Å². The molecule has 36 heavy (non-hydrogen) atoms. The topological polar surface area (TPSA) is 44.8 Å². The average Bonchev–Trinajstić information content (AvgIpc) is 3.23. The summed E-state index contributed by atoms with van der Waals surface area (Å²) in [6, 6.07) is 0. The van der Waals surface area contributed by atoms with Crippen molar-refractivity contribution in [2.75, 3.05) is 20.5 Å². The van der Waals surface area contributed by atoms with Crippen LogP contribution in [0.3, 0.4) is 0 Å². The van der Waals surface area contributed by atoms with Crippen molar-refractivity contribution in [1.29, 1.82) is 0 Å². The van der Waals surface area contributed by atoms with Gasteiger partial charge in [0.2, 0.25) is 0 Å². The van der Waals surface area contributed by atoms with E-state index in [1.807, 2.05) is 0 Å². The molecule has 0 saturated heterocycles. The van der Waals surface area contributed by atoms with Crippen LogP contribution in [0, 0.1) is 47.3 Å². The summed E-state index contributed by atoms with van der Waals surface area (Å²) in [5.74, 6) is 4.63. The Labute approximate surface area is 244 Å². The average molecular weight is 720 g/mol. The molecule has 3 fully saturated rings. The minimum absolute atomic E-state index is 0.0565. The second-order valence-corrected chi connectivity index (χ2v) is 15.4. The van der Waals surface area contributed by atoms with E-state index in [4.69, 9.17) is 14.2 Å². The molecule has 0 radical (unpaired) electrons. The molecule has 0 bridgehead atoms. The first-order chi connectivity index (χ1) is 17.3. The smallest absolute Gasteiger partial charge is 0.334 e. The third-order valence-electron chi connectivity index (χ3n) is 10.5. The second kappa shape index (κ2) is 11.7. The van der Waals surface area contributed by atoms with Gasteiger partial charge in [0.25, 0.3) is 0 Å². The van der Waals surface area contributed by atoms with Crippen molar-refractivity contribution in [3.05, 3.63) is 33.5 Å². The first kappa shape index (κ1) is 27.6. The summed E-state index contributed by atoms with van der Waals surface area (Å²) in [5.41, 5.74) is 0.981. The summed E-state index contributed by atoms with van der Waals surface area (Å²) >= 11 is 5.32. The Balaban J connectivity index is 1.42. The lowest BCUT2D eigenvalue weighted by Gasteiger charge is -2.56. The van der Waals surface area contributed by atoms with Gasteiger partial charge in [0, 0.05) is 19.7 Å². The van der Waals surface area contributed by atoms with Crippen molar-refractivity contribution in [1.82, 2.24) is 0 Å². The summed E-state index contributed by atoms with van der Waals surface area (Å²) in [6.45, 7) is 5.71. The van der Waals surface area contributed by atoms with E-state index in [-0.39, 0.29) is 9.39 Å². The number of methoxy groups -OCH3 is 1. The van der Waals surface area contributed by atoms with Crippen LogP contribution < -0.4 is 0 Å². The number of alkyl halides is 1. The third kappa shape index (κ3) is 5.40. The predicted octanol–water partition coefficient (Wildman–Crippen LogP) is 7.65. The number of fused-ring (bicyclic) bond motifs is 3. The first-order valence-electron chi connectivity index (χ1n) is 14.0. The Bertz CT molecular complexity index is 913. The Morgan fingerprint density at radius 2 is 1.94 bits per heavy atom. The zero-order chi connectivity index (χ0) is 25.4. The van der Waals surface area contributed by atoms with Crippen molar-refractivity contribution >= 4 is 51.2 Å². The van der Waals surface area contributed by atoms with Crippen molar-refractivity contribution < 1.29 is 19.0 Å². The number of esters is 1. The minimum atomic E-state index is -0.0565. The highest BCUT2D eigenvalue weighted by Gasteiger charge is 2.57. The van der Waals surface area contributed by atoms with Gasteiger partial charge in [0.15, 0.2) is 0 Å². The first-order valence-corrected chi connectivity index (χ1v) is 16.2. The van der Waals surface area contributed by atoms with Crippen LogP contribution in [0.15, 0.2) is 33.5 Å². The van der Waals surface area contributed by atoms with Crippen molar-refractivity contribution in [3.63, 3.8) is 0 Å². The summed E-state index contributed by atoms with van der Waals surface area (Å²) < 4.78 is 18.5. The van der Waals surface area contributed by atoms with E-state index in [1.165, 1.54) is 35.7 Å². The number of hydrogen-bond donors (Lipinski definition) is 0. The molecule has 0 spiro atoms. The van der Waals surface area contributed by atoms with Crippen LogP contribution >= 0.6 is 45.2 Å². The van der Waals surface area contributed by atoms with Crippen LogP contribution in [-0.2, 0) is 19.0 Å². The van der Waals surface area contributed by atoms with Gasteiger partial charge >= 0.3 is 5.97 Å². The van der Waals surface area contributed by atoms with E-state index in [0.717, 1.165) is 30.8 Å². The van der Waals surface area contributed by atoms with Gasteiger partial charge in [0.1, 0.15) is 13.4 Å². The Morgan fingerprint density at radius 3 is 2.64 bits per heavy atom. The zero-order valence-electron chi connectivity index (χ0n) is 22.0. The van der Waals surface area contributed by atoms with Crippen LogP contribution in [0.4, 0.5) is 0 Å². The van der Waals surface area contributed by atoms with E-state index in [2.05, 4.69) is 83.3 Å². The fraction of sp³-hybridized carbons (Fsp3) is 0.767. The van der Waals surface area contributed by atoms with E-state index >= 15 is 0 Å². The molecule has 6 unspecified atom stereocenters. The normalized spacial score (nSPS) is 44.7. The van der Waals surface area contributed by atoms with Gasteiger partial charge < -0.3 is 14.2 Å². The number of hydrogen-bond acceptors (Lipinski definition) is 4. The number of halogens is 2. The molecular weight excluding hydrogens is 678 g/mol. The molecule has 4 aliphatic carbocycles. The lowest BCUT2D eigenvalue weighted by molar-refractivity contribution is -0.136. The van der Waals surface area contributed by atoms with Gasteiger partial charge in [-0.15, -0.1) is 0 Å². The van der Waals surface area contributed by atoms with E-state index in [9.17, 15) is 4.79 Å². The van der Waals surface area contributed by atoms with E-state index in [0.29, 0.717) is 60.9 Å². The number of carbonyl (C=O) groups excluding carboxylic acids is 1. The number of allylic oxidation sites excluding steroid dienone is 4. The summed E-state index contributed by atoms with van der Waals surface area (Å²) in [5, 5.41) is 0. The lowest BCUT2D eigenvalue weighted by Crippen LogP contribution is -2.55. The molecule has 0 N–H and O–H groups in total. The lowest BCUT2D eigenvalue weighted by atomic mass is 9.56. The Morgan fingerprint density at radius 1 is 1.11 bits per heavy atom. The molecule has 0 aromatic rings. The van der Waals surface area contributed by atoms with Gasteiger partial charge in [0.05, 0.1) is 6.10 Å². The standard InChI is InChI=1S/C30H42I2O4/c1-18-22(14-20-4-7-23(31)8-5-20)15-21-6-9-26-19(2)28(36-17-34-3)10-12-30(26,32)27(21)16-25(18)24-11-13-35-29(24)33/h4,7-8,11,18-22,25-28H,5-6,9-10,12-17H2,1-3H3/t18-,19?,20?,21?,22?,25+,26?,27-,28-,30?/m1/s1. The third-order valence-corrected chi connectivity index (χ3v) is 13.4. The Hall–Kier alpha value is 0.0700. The maximum atomic E-state index is 12.8. The molecule has 6 heteroatoms. The van der Waals surface area contributed by atoms with Crippen molar-refractivity contribution in [2.24, 2.45) is 47.3 Å². The zero-order valence-corrected chi connectivity index (χ0v) is 26.3.